The summed E-state index contributed by atoms with van der Waals surface area (Å²) >= 11 is 0.555. The zero-order chi connectivity index (χ0) is 18.2. The van der Waals surface area contributed by atoms with E-state index in [0.29, 0.717) is 11.3 Å². The fourth-order valence-corrected chi connectivity index (χ4v) is 3.35. The minimum absolute atomic E-state index is 0.0718. The average molecular weight is 372 g/mol. The third kappa shape index (κ3) is 3.37. The molecule has 0 aliphatic carbocycles. The van der Waals surface area contributed by atoms with Gasteiger partial charge in [0.1, 0.15) is 22.9 Å². The predicted octanol–water partition coefficient (Wildman–Crippen LogP) is 4.49. The Kier molecular flexibility index (Phi) is 4.51. The summed E-state index contributed by atoms with van der Waals surface area (Å²) < 4.78 is 59.4. The number of carbonyl (C=O) groups excluding carboxylic acids is 1. The van der Waals surface area contributed by atoms with Crippen molar-refractivity contribution in [2.45, 2.75) is 19.6 Å². The van der Waals surface area contributed by atoms with Crippen LogP contribution in [-0.4, -0.2) is 22.1 Å². The maximum absolute atomic E-state index is 13.6. The van der Waals surface area contributed by atoms with Gasteiger partial charge in [0.25, 0.3) is 0 Å². The number of carbonyl (C=O) groups is 1. The van der Waals surface area contributed by atoms with E-state index in [1.54, 1.807) is 6.92 Å². The first kappa shape index (κ1) is 17.4. The molecule has 0 aliphatic heterocycles. The molecule has 9 heteroatoms. The van der Waals surface area contributed by atoms with E-state index in [9.17, 15) is 22.4 Å². The highest BCUT2D eigenvalue weighted by molar-refractivity contribution is 7.10. The summed E-state index contributed by atoms with van der Waals surface area (Å²) in [6, 6.07) is 2.43. The third-order valence-corrected chi connectivity index (χ3v) is 4.46. The van der Waals surface area contributed by atoms with Gasteiger partial charge >= 0.3 is 12.1 Å². The molecular weight excluding hydrogens is 360 g/mol. The molecule has 0 amide bonds. The highest BCUT2D eigenvalue weighted by Gasteiger charge is 2.36. The molecule has 3 rings (SSSR count). The summed E-state index contributed by atoms with van der Waals surface area (Å²) in [6.07, 6.45) is -2.21. The van der Waals surface area contributed by atoms with Gasteiger partial charge in [-0.1, -0.05) is 0 Å². The van der Waals surface area contributed by atoms with E-state index in [-0.39, 0.29) is 35.3 Å². The number of rotatable bonds is 4. The highest BCUT2D eigenvalue weighted by Crippen LogP contribution is 2.43. The maximum Gasteiger partial charge on any atom is 0.426 e. The molecule has 25 heavy (non-hydrogen) atoms. The van der Waals surface area contributed by atoms with Gasteiger partial charge in [0.05, 0.1) is 12.8 Å². The van der Waals surface area contributed by atoms with E-state index in [1.807, 2.05) is 0 Å². The number of esters is 1. The molecule has 0 unspecified atom stereocenters. The Hall–Kier alpha value is -2.42. The van der Waals surface area contributed by atoms with E-state index in [1.165, 1.54) is 22.2 Å². The van der Waals surface area contributed by atoms with Crippen LogP contribution in [0, 0.1) is 5.82 Å². The Morgan fingerprint density at radius 1 is 1.36 bits per heavy atom. The van der Waals surface area contributed by atoms with Gasteiger partial charge in [0.15, 0.2) is 0 Å². The van der Waals surface area contributed by atoms with Crippen LogP contribution in [0.2, 0.25) is 0 Å². The molecule has 0 N–H and O–H groups in total. The molecule has 0 radical (unpaired) electrons. The Morgan fingerprint density at radius 2 is 2.12 bits per heavy atom. The second kappa shape index (κ2) is 6.47. The lowest BCUT2D eigenvalue weighted by Gasteiger charge is -2.06. The number of ether oxygens (including phenoxy) is 1. The summed E-state index contributed by atoms with van der Waals surface area (Å²) in [4.78, 5) is 14.9. The Labute approximate surface area is 143 Å². The fraction of sp³-hybridized carbons (Fsp3) is 0.250. The number of pyridine rings is 1. The van der Waals surface area contributed by atoms with Gasteiger partial charge in [-0.25, -0.2) is 9.37 Å². The molecule has 0 saturated heterocycles. The second-order valence-electron chi connectivity index (χ2n) is 5.16. The van der Waals surface area contributed by atoms with Crippen LogP contribution in [-0.2, 0) is 22.3 Å². The monoisotopic (exact) mass is 372 g/mol. The summed E-state index contributed by atoms with van der Waals surface area (Å²) in [5, 5.41) is 1.52. The van der Waals surface area contributed by atoms with Gasteiger partial charge in [-0.05, 0) is 24.4 Å². The molecule has 132 valence electrons. The highest BCUT2D eigenvalue weighted by atomic mass is 32.1. The molecule has 0 spiro atoms. The van der Waals surface area contributed by atoms with Gasteiger partial charge < -0.3 is 9.30 Å². The van der Waals surface area contributed by atoms with Crippen molar-refractivity contribution in [2.24, 2.45) is 0 Å². The molecule has 4 nitrogen and oxygen atoms in total. The number of thiophene rings is 1. The normalized spacial score (nSPS) is 11.9. The van der Waals surface area contributed by atoms with Crippen LogP contribution in [0.1, 0.15) is 11.8 Å². The third-order valence-electron chi connectivity index (χ3n) is 3.50. The zero-order valence-electron chi connectivity index (χ0n) is 12.9. The first-order valence-electron chi connectivity index (χ1n) is 7.26. The lowest BCUT2D eigenvalue weighted by atomic mass is 10.1. The molecular formula is C16H12F4N2O2S. The summed E-state index contributed by atoms with van der Waals surface area (Å²) in [6.45, 7) is 1.59. The van der Waals surface area contributed by atoms with Crippen molar-refractivity contribution in [2.75, 3.05) is 6.61 Å². The summed E-state index contributed by atoms with van der Waals surface area (Å²) in [7, 11) is 0. The van der Waals surface area contributed by atoms with E-state index in [2.05, 4.69) is 4.98 Å². The van der Waals surface area contributed by atoms with Crippen LogP contribution in [0.4, 0.5) is 17.6 Å². The van der Waals surface area contributed by atoms with Crippen LogP contribution in [0.5, 0.6) is 0 Å². The number of hydrogen-bond donors (Lipinski definition) is 0. The van der Waals surface area contributed by atoms with Crippen LogP contribution >= 0.6 is 11.3 Å². The number of fused-ring (bicyclic) bond motifs is 1. The number of nitrogens with zero attached hydrogens (tertiary/aromatic N) is 2. The summed E-state index contributed by atoms with van der Waals surface area (Å²) in [5.41, 5.74) is 0.307. The number of hydrogen-bond acceptors (Lipinski definition) is 4. The van der Waals surface area contributed by atoms with Crippen LogP contribution in [0.15, 0.2) is 29.9 Å². The van der Waals surface area contributed by atoms with Crippen molar-refractivity contribution in [1.82, 2.24) is 9.55 Å². The van der Waals surface area contributed by atoms with Gasteiger partial charge in [0, 0.05) is 22.7 Å². The molecule has 3 heterocycles. The van der Waals surface area contributed by atoms with E-state index in [0.717, 1.165) is 12.3 Å². The molecule has 0 atom stereocenters. The number of aromatic nitrogens is 2. The molecule has 0 fully saturated rings. The van der Waals surface area contributed by atoms with Crippen molar-refractivity contribution in [3.63, 3.8) is 0 Å². The van der Waals surface area contributed by atoms with Crippen molar-refractivity contribution in [3.05, 3.63) is 40.6 Å². The average Bonchev–Trinajstić information content (AvgIpc) is 3.12. The fourth-order valence-electron chi connectivity index (χ4n) is 2.57. The lowest BCUT2D eigenvalue weighted by Crippen LogP contribution is -2.13. The summed E-state index contributed by atoms with van der Waals surface area (Å²) in [5.74, 6) is -1.23. The van der Waals surface area contributed by atoms with Gasteiger partial charge in [0.2, 0.25) is 0 Å². The van der Waals surface area contributed by atoms with E-state index < -0.39 is 22.8 Å². The topological polar surface area (TPSA) is 44.1 Å². The van der Waals surface area contributed by atoms with Crippen LogP contribution < -0.4 is 0 Å². The van der Waals surface area contributed by atoms with Gasteiger partial charge in [-0.2, -0.15) is 13.2 Å². The standard InChI is InChI=1S/C16H12F4N2O2S/c1-2-24-13(23)8-22-7-12(11-5-9(17)6-21-15(11)22)10-3-4-25-14(10)16(18,19)20/h3-7H,2,8H2,1H3. The van der Waals surface area contributed by atoms with Gasteiger partial charge in [-0.3, -0.25) is 4.79 Å². The molecule has 0 bridgehead atoms. The Bertz CT molecular complexity index is 930. The maximum atomic E-state index is 13.6. The van der Waals surface area contributed by atoms with Gasteiger partial charge in [-0.15, -0.1) is 11.3 Å². The second-order valence-corrected chi connectivity index (χ2v) is 6.08. The SMILES string of the molecule is CCOC(=O)Cn1cc(-c2ccsc2C(F)(F)F)c2cc(F)cnc21. The van der Waals surface area contributed by atoms with Crippen LogP contribution in [0.3, 0.4) is 0 Å². The molecule has 0 aliphatic rings. The van der Waals surface area contributed by atoms with E-state index >= 15 is 0 Å². The Morgan fingerprint density at radius 3 is 2.80 bits per heavy atom. The van der Waals surface area contributed by atoms with Crippen molar-refractivity contribution < 1.29 is 27.1 Å². The molecule has 0 aromatic carbocycles. The predicted molar refractivity (Wildman–Crippen MR) is 84.6 cm³/mol. The minimum Gasteiger partial charge on any atom is -0.465 e. The van der Waals surface area contributed by atoms with Crippen molar-refractivity contribution in [3.8, 4) is 11.1 Å². The first-order chi connectivity index (χ1) is 11.8. The minimum atomic E-state index is -4.53. The Balaban J connectivity index is 2.18. The quantitative estimate of drug-likeness (QED) is 0.501. The van der Waals surface area contributed by atoms with E-state index in [4.69, 9.17) is 4.74 Å². The van der Waals surface area contributed by atoms with Crippen molar-refractivity contribution in [1.29, 1.82) is 0 Å². The van der Waals surface area contributed by atoms with Crippen LogP contribution in [0.25, 0.3) is 22.2 Å². The first-order valence-corrected chi connectivity index (χ1v) is 8.14. The molecule has 3 aromatic heterocycles. The largest absolute Gasteiger partial charge is 0.465 e. The lowest BCUT2D eigenvalue weighted by molar-refractivity contribution is -0.143. The molecule has 3 aromatic rings. The smallest absolute Gasteiger partial charge is 0.426 e. The zero-order valence-corrected chi connectivity index (χ0v) is 13.7. The number of alkyl halides is 3. The van der Waals surface area contributed by atoms with Crippen molar-refractivity contribution >= 4 is 28.3 Å². The molecule has 0 saturated carbocycles. The number of halogens is 4.